The minimum atomic E-state index is -0.570. The van der Waals surface area contributed by atoms with E-state index < -0.39 is 10.7 Å². The number of nitrogens with zero attached hydrogens (tertiary/aromatic N) is 2. The fourth-order valence-electron chi connectivity index (χ4n) is 1.43. The number of nitro benzene ring substituents is 1. The molecule has 2 rings (SSSR count). The van der Waals surface area contributed by atoms with Crippen molar-refractivity contribution in [2.45, 2.75) is 6.54 Å². The van der Waals surface area contributed by atoms with Crippen LogP contribution in [-0.2, 0) is 6.54 Å². The molecule has 0 amide bonds. The number of nitro groups is 1. The zero-order chi connectivity index (χ0) is 12.4. The molecule has 1 aromatic heterocycles. The molecule has 0 saturated carbocycles. The lowest BCUT2D eigenvalue weighted by Gasteiger charge is -1.94. The monoisotopic (exact) mass is 344 g/mol. The lowest BCUT2D eigenvalue weighted by atomic mass is 10.3. The van der Waals surface area contributed by atoms with Gasteiger partial charge in [0.25, 0.3) is 5.69 Å². The van der Waals surface area contributed by atoms with Crippen molar-refractivity contribution >= 4 is 39.4 Å². The summed E-state index contributed by atoms with van der Waals surface area (Å²) in [6.07, 6.45) is 0. The number of non-ortho nitro benzene ring substituents is 1. The Morgan fingerprint density at radius 3 is 2.94 bits per heavy atom. The van der Waals surface area contributed by atoms with Crippen molar-refractivity contribution in [1.29, 1.82) is 0 Å². The number of oxazole rings is 1. The lowest BCUT2D eigenvalue weighted by Crippen LogP contribution is -2.12. The molecule has 6 nitrogen and oxygen atoms in total. The lowest BCUT2D eigenvalue weighted by molar-refractivity contribution is -0.384. The van der Waals surface area contributed by atoms with E-state index >= 15 is 0 Å². The third-order valence-electron chi connectivity index (χ3n) is 2.17. The summed E-state index contributed by atoms with van der Waals surface area (Å²) < 4.78 is 8.88. The van der Waals surface area contributed by atoms with E-state index in [1.807, 2.05) is 22.6 Å². The minimum Gasteiger partial charge on any atom is -0.407 e. The summed E-state index contributed by atoms with van der Waals surface area (Å²) in [5.74, 6) is 2.16. The molecule has 0 saturated heterocycles. The molecule has 17 heavy (non-hydrogen) atoms. The van der Waals surface area contributed by atoms with Gasteiger partial charge in [-0.2, -0.15) is 0 Å². The zero-order valence-electron chi connectivity index (χ0n) is 8.34. The highest BCUT2D eigenvalue weighted by molar-refractivity contribution is 14.1. The SMILES string of the molecule is O=c1oc2cc([N+](=O)[O-])ccc2n1CC#CI. The zero-order valence-corrected chi connectivity index (χ0v) is 10.5. The van der Waals surface area contributed by atoms with E-state index in [0.29, 0.717) is 5.52 Å². The van der Waals surface area contributed by atoms with Crippen LogP contribution in [0.4, 0.5) is 5.69 Å². The van der Waals surface area contributed by atoms with Crippen LogP contribution in [0, 0.1) is 20.0 Å². The largest absolute Gasteiger partial charge is 0.420 e. The number of hydrogen-bond acceptors (Lipinski definition) is 4. The van der Waals surface area contributed by atoms with Crippen LogP contribution in [0.1, 0.15) is 0 Å². The van der Waals surface area contributed by atoms with Crippen LogP contribution in [0.3, 0.4) is 0 Å². The molecular formula is C10H5IN2O4. The van der Waals surface area contributed by atoms with Crippen molar-refractivity contribution in [1.82, 2.24) is 4.57 Å². The Labute approximate surface area is 109 Å². The van der Waals surface area contributed by atoms with Gasteiger partial charge in [0.15, 0.2) is 5.58 Å². The Morgan fingerprint density at radius 2 is 2.29 bits per heavy atom. The van der Waals surface area contributed by atoms with E-state index in [1.165, 1.54) is 22.8 Å². The molecule has 0 spiro atoms. The number of benzene rings is 1. The maximum Gasteiger partial charge on any atom is 0.420 e. The highest BCUT2D eigenvalue weighted by atomic mass is 127. The Bertz CT molecular complexity index is 704. The molecule has 0 aliphatic carbocycles. The summed E-state index contributed by atoms with van der Waals surface area (Å²) in [6, 6.07) is 4.03. The third-order valence-corrected chi connectivity index (χ3v) is 2.55. The van der Waals surface area contributed by atoms with Gasteiger partial charge in [0.05, 0.1) is 23.1 Å². The van der Waals surface area contributed by atoms with Gasteiger partial charge in [-0.05, 0) is 9.99 Å². The van der Waals surface area contributed by atoms with Crippen LogP contribution < -0.4 is 5.76 Å². The van der Waals surface area contributed by atoms with Crippen LogP contribution in [0.5, 0.6) is 0 Å². The average molecular weight is 344 g/mol. The van der Waals surface area contributed by atoms with E-state index in [0.717, 1.165) is 0 Å². The van der Waals surface area contributed by atoms with Gasteiger partial charge in [0, 0.05) is 28.7 Å². The second kappa shape index (κ2) is 4.58. The molecule has 0 aliphatic heterocycles. The molecule has 0 atom stereocenters. The summed E-state index contributed by atoms with van der Waals surface area (Å²) in [5, 5.41) is 10.6. The first-order valence-electron chi connectivity index (χ1n) is 4.50. The van der Waals surface area contributed by atoms with Crippen molar-refractivity contribution in [2.75, 3.05) is 0 Å². The van der Waals surface area contributed by atoms with Crippen molar-refractivity contribution in [2.24, 2.45) is 0 Å². The fraction of sp³-hybridized carbons (Fsp3) is 0.100. The molecule has 0 bridgehead atoms. The number of aromatic nitrogens is 1. The van der Waals surface area contributed by atoms with Crippen molar-refractivity contribution in [3.8, 4) is 9.85 Å². The van der Waals surface area contributed by atoms with Crippen molar-refractivity contribution in [3.05, 3.63) is 38.9 Å². The second-order valence-corrected chi connectivity index (χ2v) is 3.67. The predicted molar refractivity (Wildman–Crippen MR) is 68.9 cm³/mol. The number of hydrogen-bond donors (Lipinski definition) is 0. The van der Waals surface area contributed by atoms with Gasteiger partial charge in [-0.1, -0.05) is 5.92 Å². The van der Waals surface area contributed by atoms with E-state index in [-0.39, 0.29) is 17.8 Å². The average Bonchev–Trinajstić information content (AvgIpc) is 2.61. The molecule has 0 unspecified atom stereocenters. The van der Waals surface area contributed by atoms with E-state index in [1.54, 1.807) is 0 Å². The molecule has 2 aromatic rings. The maximum absolute atomic E-state index is 11.5. The Hall–Kier alpha value is -1.82. The van der Waals surface area contributed by atoms with E-state index in [2.05, 4.69) is 9.85 Å². The minimum absolute atomic E-state index is 0.113. The predicted octanol–water partition coefficient (Wildman–Crippen LogP) is 1.90. The normalized spacial score (nSPS) is 9.94. The highest BCUT2D eigenvalue weighted by Crippen LogP contribution is 2.19. The molecule has 86 valence electrons. The van der Waals surface area contributed by atoms with E-state index in [4.69, 9.17) is 4.42 Å². The Kier molecular flexibility index (Phi) is 3.14. The summed E-state index contributed by atoms with van der Waals surface area (Å²) in [5.41, 5.74) is 0.581. The molecule has 0 N–H and O–H groups in total. The molecular weight excluding hydrogens is 339 g/mol. The van der Waals surface area contributed by atoms with Gasteiger partial charge in [-0.15, -0.1) is 0 Å². The standard InChI is InChI=1S/C10H5IN2O4/c11-4-1-5-12-8-3-2-7(13(15)16)6-9(8)17-10(12)14/h2-3,6H,5H2. The Morgan fingerprint density at radius 1 is 1.53 bits per heavy atom. The first-order valence-corrected chi connectivity index (χ1v) is 5.57. The van der Waals surface area contributed by atoms with Crippen molar-refractivity contribution < 1.29 is 9.34 Å². The summed E-state index contributed by atoms with van der Waals surface area (Å²) >= 11 is 1.87. The first-order chi connectivity index (χ1) is 8.13. The van der Waals surface area contributed by atoms with E-state index in [9.17, 15) is 14.9 Å². The smallest absolute Gasteiger partial charge is 0.407 e. The van der Waals surface area contributed by atoms with Crippen molar-refractivity contribution in [3.63, 3.8) is 0 Å². The molecule has 1 heterocycles. The van der Waals surface area contributed by atoms with Crippen LogP contribution in [0.25, 0.3) is 11.1 Å². The molecule has 0 aliphatic rings. The molecule has 1 aromatic carbocycles. The molecule has 7 heteroatoms. The van der Waals surface area contributed by atoms with Crippen LogP contribution in [-0.4, -0.2) is 9.49 Å². The third kappa shape index (κ3) is 2.16. The number of rotatable bonds is 2. The van der Waals surface area contributed by atoms with Crippen LogP contribution in [0.15, 0.2) is 27.4 Å². The topological polar surface area (TPSA) is 78.3 Å². The van der Waals surface area contributed by atoms with Gasteiger partial charge in [0.2, 0.25) is 0 Å². The highest BCUT2D eigenvalue weighted by Gasteiger charge is 2.13. The van der Waals surface area contributed by atoms with Crippen LogP contribution in [0.2, 0.25) is 0 Å². The van der Waals surface area contributed by atoms with Gasteiger partial charge in [-0.25, -0.2) is 4.79 Å². The van der Waals surface area contributed by atoms with Gasteiger partial charge >= 0.3 is 5.76 Å². The second-order valence-electron chi connectivity index (χ2n) is 3.13. The van der Waals surface area contributed by atoms with Gasteiger partial charge in [0.1, 0.15) is 0 Å². The summed E-state index contributed by atoms with van der Waals surface area (Å²) in [4.78, 5) is 21.5. The maximum atomic E-state index is 11.5. The van der Waals surface area contributed by atoms with Crippen LogP contribution >= 0.6 is 22.6 Å². The summed E-state index contributed by atoms with van der Waals surface area (Å²) in [6.45, 7) is 0.201. The molecule has 0 radical (unpaired) electrons. The number of fused-ring (bicyclic) bond motifs is 1. The first kappa shape index (κ1) is 11.7. The number of halogens is 1. The quantitative estimate of drug-likeness (QED) is 0.361. The summed E-state index contributed by atoms with van der Waals surface area (Å²) in [7, 11) is 0. The fourth-order valence-corrected chi connectivity index (χ4v) is 1.60. The Balaban J connectivity index is 2.63. The molecule has 0 fully saturated rings. The van der Waals surface area contributed by atoms with Gasteiger partial charge in [-0.3, -0.25) is 14.7 Å². The van der Waals surface area contributed by atoms with Gasteiger partial charge < -0.3 is 4.42 Å².